The predicted octanol–water partition coefficient (Wildman–Crippen LogP) is 2.29. The second-order valence-corrected chi connectivity index (χ2v) is 6.77. The van der Waals surface area contributed by atoms with E-state index < -0.39 is 0 Å². The first kappa shape index (κ1) is 18.0. The van der Waals surface area contributed by atoms with E-state index in [-0.39, 0.29) is 5.56 Å². The average molecular weight is 379 g/mol. The molecule has 2 aromatic rings. The van der Waals surface area contributed by atoms with Gasteiger partial charge in [-0.2, -0.15) is 0 Å². The lowest BCUT2D eigenvalue weighted by Gasteiger charge is -2.22. The second-order valence-electron chi connectivity index (χ2n) is 5.96. The Morgan fingerprint density at radius 2 is 2.00 bits per heavy atom. The Bertz CT molecular complexity index is 948. The Hall–Kier alpha value is -1.82. The van der Waals surface area contributed by atoms with Crippen molar-refractivity contribution < 1.29 is 0 Å². The van der Waals surface area contributed by atoms with E-state index in [0.29, 0.717) is 33.3 Å². The topological polar surface area (TPSA) is 49.6 Å². The standard InChI is InChI=1S/C18H20Cl2N4O/c1-3-4-8-22-24-10-12-9-13(16-14(19)6-5-7-15(16)20)18(25)23(2)17(12)21-11-24/h5-7,9-10,22H,3-4,8,11H2,1-2H3. The van der Waals surface area contributed by atoms with Gasteiger partial charge in [-0.15, -0.1) is 0 Å². The first-order chi connectivity index (χ1) is 12.0. The van der Waals surface area contributed by atoms with Gasteiger partial charge >= 0.3 is 0 Å². The molecule has 0 bridgehead atoms. The van der Waals surface area contributed by atoms with Gasteiger partial charge in [-0.25, -0.2) is 10.4 Å². The van der Waals surface area contributed by atoms with Gasteiger partial charge in [-0.1, -0.05) is 42.6 Å². The van der Waals surface area contributed by atoms with Crippen molar-refractivity contribution in [3.63, 3.8) is 0 Å². The summed E-state index contributed by atoms with van der Waals surface area (Å²) in [6.07, 6.45) is 4.18. The van der Waals surface area contributed by atoms with Crippen LogP contribution in [0.15, 0.2) is 34.1 Å². The van der Waals surface area contributed by atoms with Gasteiger partial charge in [0.2, 0.25) is 0 Å². The van der Waals surface area contributed by atoms with Crippen molar-refractivity contribution in [3.8, 4) is 11.1 Å². The molecule has 2 heterocycles. The van der Waals surface area contributed by atoms with E-state index in [2.05, 4.69) is 17.3 Å². The molecular formula is C18H20Cl2N4O. The summed E-state index contributed by atoms with van der Waals surface area (Å²) >= 11 is 12.6. The summed E-state index contributed by atoms with van der Waals surface area (Å²) in [5, 5.41) is 3.69. The number of hydrogen-bond acceptors (Lipinski definition) is 4. The molecule has 25 heavy (non-hydrogen) atoms. The van der Waals surface area contributed by atoms with Crippen LogP contribution in [0.5, 0.6) is 0 Å². The maximum absolute atomic E-state index is 12.8. The van der Waals surface area contributed by atoms with Crippen molar-refractivity contribution in [3.05, 3.63) is 55.4 Å². The summed E-state index contributed by atoms with van der Waals surface area (Å²) in [5.41, 5.74) is 4.84. The van der Waals surface area contributed by atoms with Crippen LogP contribution in [0.1, 0.15) is 19.8 Å². The minimum atomic E-state index is -0.168. The third-order valence-electron chi connectivity index (χ3n) is 4.16. The molecule has 1 aromatic heterocycles. The monoisotopic (exact) mass is 378 g/mol. The highest BCUT2D eigenvalue weighted by Crippen LogP contribution is 2.31. The van der Waals surface area contributed by atoms with E-state index in [4.69, 9.17) is 23.2 Å². The Kier molecular flexibility index (Phi) is 5.47. The first-order valence-corrected chi connectivity index (χ1v) is 8.99. The summed E-state index contributed by atoms with van der Waals surface area (Å²) < 4.78 is 1.55. The lowest BCUT2D eigenvalue weighted by Crippen LogP contribution is -2.49. The Morgan fingerprint density at radius 3 is 2.68 bits per heavy atom. The zero-order chi connectivity index (χ0) is 18.0. The van der Waals surface area contributed by atoms with E-state index >= 15 is 0 Å². The number of halogens is 2. The van der Waals surface area contributed by atoms with Crippen LogP contribution in [-0.2, 0) is 7.05 Å². The molecule has 0 fully saturated rings. The van der Waals surface area contributed by atoms with Crippen molar-refractivity contribution in [1.82, 2.24) is 15.0 Å². The van der Waals surface area contributed by atoms with Crippen LogP contribution in [-0.4, -0.2) is 22.8 Å². The average Bonchev–Trinajstić information content (AvgIpc) is 2.59. The molecule has 0 saturated heterocycles. The zero-order valence-electron chi connectivity index (χ0n) is 14.2. The quantitative estimate of drug-likeness (QED) is 0.812. The molecule has 1 N–H and O–H groups in total. The molecule has 7 heteroatoms. The van der Waals surface area contributed by atoms with Crippen LogP contribution in [0.2, 0.25) is 10.0 Å². The Morgan fingerprint density at radius 1 is 1.28 bits per heavy atom. The highest BCUT2D eigenvalue weighted by molar-refractivity contribution is 6.39. The SMILES string of the molecule is CCCCNN1C=c2cc(-c3c(Cl)cccc3Cl)c(=O)n(C)c2=NC1. The van der Waals surface area contributed by atoms with Crippen molar-refractivity contribution >= 4 is 29.4 Å². The van der Waals surface area contributed by atoms with Crippen LogP contribution in [0.4, 0.5) is 0 Å². The van der Waals surface area contributed by atoms with Gasteiger partial charge in [0.15, 0.2) is 0 Å². The molecule has 3 rings (SSSR count). The van der Waals surface area contributed by atoms with Crippen LogP contribution in [0.25, 0.3) is 17.3 Å². The smallest absolute Gasteiger partial charge is 0.259 e. The van der Waals surface area contributed by atoms with Crippen LogP contribution < -0.4 is 21.7 Å². The Labute approximate surface area is 156 Å². The summed E-state index contributed by atoms with van der Waals surface area (Å²) in [6.45, 7) is 3.50. The number of hydrogen-bond donors (Lipinski definition) is 1. The minimum Gasteiger partial charge on any atom is -0.296 e. The molecular weight excluding hydrogens is 359 g/mol. The maximum Gasteiger partial charge on any atom is 0.259 e. The molecule has 132 valence electrons. The van der Waals surface area contributed by atoms with Gasteiger partial charge < -0.3 is 0 Å². The molecule has 1 aliphatic rings. The molecule has 1 aromatic carbocycles. The summed E-state index contributed by atoms with van der Waals surface area (Å²) in [6, 6.07) is 7.03. The van der Waals surface area contributed by atoms with Crippen LogP contribution in [0, 0.1) is 0 Å². The number of nitrogens with zero attached hydrogens (tertiary/aromatic N) is 3. The number of unbranched alkanes of at least 4 members (excludes halogenated alkanes) is 1. The molecule has 5 nitrogen and oxygen atoms in total. The van der Waals surface area contributed by atoms with Crippen molar-refractivity contribution in [2.45, 2.75) is 19.8 Å². The molecule has 0 amide bonds. The van der Waals surface area contributed by atoms with Crippen LogP contribution >= 0.6 is 23.2 Å². The highest BCUT2D eigenvalue weighted by Gasteiger charge is 2.16. The predicted molar refractivity (Wildman–Crippen MR) is 102 cm³/mol. The van der Waals surface area contributed by atoms with Crippen LogP contribution in [0.3, 0.4) is 0 Å². The van der Waals surface area contributed by atoms with E-state index in [1.54, 1.807) is 29.8 Å². The number of rotatable bonds is 5. The zero-order valence-corrected chi connectivity index (χ0v) is 15.7. The summed E-state index contributed by atoms with van der Waals surface area (Å²) in [4.78, 5) is 17.3. The molecule has 0 radical (unpaired) electrons. The molecule has 0 atom stereocenters. The van der Waals surface area contributed by atoms with Gasteiger partial charge in [0, 0.05) is 30.6 Å². The molecule has 0 saturated carbocycles. The van der Waals surface area contributed by atoms with Crippen molar-refractivity contribution in [2.24, 2.45) is 12.0 Å². The number of pyridine rings is 1. The number of aromatic nitrogens is 1. The lowest BCUT2D eigenvalue weighted by molar-refractivity contribution is 0.297. The number of fused-ring (bicyclic) bond motifs is 1. The first-order valence-electron chi connectivity index (χ1n) is 8.24. The summed E-state index contributed by atoms with van der Waals surface area (Å²) in [5.74, 6) is 0. The van der Waals surface area contributed by atoms with E-state index in [1.807, 2.05) is 17.3 Å². The molecule has 1 aliphatic heterocycles. The fourth-order valence-electron chi connectivity index (χ4n) is 2.83. The highest BCUT2D eigenvalue weighted by atomic mass is 35.5. The number of nitrogens with one attached hydrogen (secondary N) is 1. The van der Waals surface area contributed by atoms with E-state index in [9.17, 15) is 4.79 Å². The normalized spacial score (nSPS) is 13.2. The maximum atomic E-state index is 12.8. The summed E-state index contributed by atoms with van der Waals surface area (Å²) in [7, 11) is 1.72. The number of hydrazine groups is 1. The largest absolute Gasteiger partial charge is 0.296 e. The van der Waals surface area contributed by atoms with Gasteiger partial charge in [-0.05, 0) is 24.6 Å². The fourth-order valence-corrected chi connectivity index (χ4v) is 3.43. The minimum absolute atomic E-state index is 0.168. The molecule has 0 aliphatic carbocycles. The number of benzene rings is 1. The third-order valence-corrected chi connectivity index (χ3v) is 4.79. The molecule has 0 spiro atoms. The molecule has 0 unspecified atom stereocenters. The van der Waals surface area contributed by atoms with Crippen molar-refractivity contribution in [1.29, 1.82) is 0 Å². The second kappa shape index (κ2) is 7.60. The van der Waals surface area contributed by atoms with E-state index in [0.717, 1.165) is 24.6 Å². The lowest BCUT2D eigenvalue weighted by atomic mass is 10.1. The van der Waals surface area contributed by atoms with Crippen molar-refractivity contribution in [2.75, 3.05) is 13.2 Å². The van der Waals surface area contributed by atoms with Gasteiger partial charge in [0.05, 0.1) is 15.6 Å². The van der Waals surface area contributed by atoms with Gasteiger partial charge in [0.25, 0.3) is 5.56 Å². The van der Waals surface area contributed by atoms with E-state index in [1.165, 1.54) is 0 Å². The van der Waals surface area contributed by atoms with Gasteiger partial charge in [0.1, 0.15) is 12.2 Å². The fraction of sp³-hybridized carbons (Fsp3) is 0.333. The Balaban J connectivity index is 2.13. The van der Waals surface area contributed by atoms with Gasteiger partial charge in [-0.3, -0.25) is 14.4 Å². The third kappa shape index (κ3) is 3.59.